The second-order valence-electron chi connectivity index (χ2n) is 5.05. The maximum atomic E-state index is 13.1. The van der Waals surface area contributed by atoms with Crippen LogP contribution in [0.3, 0.4) is 0 Å². The van der Waals surface area contributed by atoms with Gasteiger partial charge in [0.15, 0.2) is 0 Å². The summed E-state index contributed by atoms with van der Waals surface area (Å²) in [4.78, 5) is 11.8. The lowest BCUT2D eigenvalue weighted by atomic mass is 10.1. The van der Waals surface area contributed by atoms with E-state index in [4.69, 9.17) is 9.15 Å². The number of nitrogens with zero attached hydrogens (tertiary/aromatic N) is 2. The van der Waals surface area contributed by atoms with Gasteiger partial charge in [-0.25, -0.2) is 4.39 Å². The van der Waals surface area contributed by atoms with E-state index in [1.165, 1.54) is 12.1 Å². The molecule has 0 amide bonds. The first-order valence-corrected chi connectivity index (χ1v) is 8.36. The van der Waals surface area contributed by atoms with Crippen molar-refractivity contribution < 1.29 is 18.3 Å². The van der Waals surface area contributed by atoms with Crippen LogP contribution >= 0.6 is 11.8 Å². The summed E-state index contributed by atoms with van der Waals surface area (Å²) in [5, 5.41) is 7.70. The van der Waals surface area contributed by atoms with Crippen LogP contribution < -0.4 is 0 Å². The second-order valence-corrected chi connectivity index (χ2v) is 6.34. The molecule has 1 heterocycles. The Balaban J connectivity index is 1.88. The fourth-order valence-electron chi connectivity index (χ4n) is 1.81. The van der Waals surface area contributed by atoms with Crippen molar-refractivity contribution in [2.75, 3.05) is 6.61 Å². The summed E-state index contributed by atoms with van der Waals surface area (Å²) in [5.41, 5.74) is 0.747. The SMILES string of the molecule is CCCCOC(=O)C(C)Sc1nnc(Cc2cccc(F)c2)o1. The molecule has 0 fully saturated rings. The molecule has 2 aromatic rings. The van der Waals surface area contributed by atoms with Crippen LogP contribution in [-0.2, 0) is 16.0 Å². The van der Waals surface area contributed by atoms with Crippen LogP contribution in [0.4, 0.5) is 4.39 Å². The minimum atomic E-state index is -0.422. The summed E-state index contributed by atoms with van der Waals surface area (Å²) in [5.74, 6) is -0.224. The molecule has 0 bridgehead atoms. The fourth-order valence-corrected chi connectivity index (χ4v) is 2.51. The molecule has 0 saturated carbocycles. The number of benzene rings is 1. The number of esters is 1. The van der Waals surface area contributed by atoms with E-state index in [2.05, 4.69) is 10.2 Å². The van der Waals surface area contributed by atoms with Crippen molar-refractivity contribution in [1.29, 1.82) is 0 Å². The van der Waals surface area contributed by atoms with Gasteiger partial charge < -0.3 is 9.15 Å². The predicted octanol–water partition coefficient (Wildman–Crippen LogP) is 3.62. The number of aromatic nitrogens is 2. The molecule has 1 aromatic carbocycles. The zero-order valence-electron chi connectivity index (χ0n) is 13.1. The Labute approximate surface area is 138 Å². The molecule has 1 unspecified atom stereocenters. The van der Waals surface area contributed by atoms with Gasteiger partial charge in [-0.1, -0.05) is 37.2 Å². The number of hydrogen-bond donors (Lipinski definition) is 0. The van der Waals surface area contributed by atoms with Gasteiger partial charge in [0.1, 0.15) is 11.1 Å². The third kappa shape index (κ3) is 5.67. The van der Waals surface area contributed by atoms with Crippen LogP contribution in [-0.4, -0.2) is 28.0 Å². The van der Waals surface area contributed by atoms with Crippen molar-refractivity contribution in [3.63, 3.8) is 0 Å². The Morgan fingerprint density at radius 3 is 3.00 bits per heavy atom. The van der Waals surface area contributed by atoms with Gasteiger partial charge in [0.05, 0.1) is 13.0 Å². The van der Waals surface area contributed by atoms with E-state index < -0.39 is 5.25 Å². The summed E-state index contributed by atoms with van der Waals surface area (Å²) in [6.45, 7) is 4.19. The summed E-state index contributed by atoms with van der Waals surface area (Å²) < 4.78 is 23.8. The monoisotopic (exact) mass is 338 g/mol. The summed E-state index contributed by atoms with van der Waals surface area (Å²) >= 11 is 1.16. The van der Waals surface area contributed by atoms with Gasteiger partial charge in [0.2, 0.25) is 5.89 Å². The normalized spacial score (nSPS) is 12.1. The summed E-state index contributed by atoms with van der Waals surface area (Å²) in [6.07, 6.45) is 2.17. The van der Waals surface area contributed by atoms with Crippen molar-refractivity contribution in [2.24, 2.45) is 0 Å². The number of carbonyl (C=O) groups is 1. The van der Waals surface area contributed by atoms with E-state index >= 15 is 0 Å². The van der Waals surface area contributed by atoms with Crippen molar-refractivity contribution in [3.05, 3.63) is 41.5 Å². The molecule has 1 aromatic heterocycles. The topological polar surface area (TPSA) is 65.2 Å². The molecule has 0 radical (unpaired) electrons. The van der Waals surface area contributed by atoms with E-state index in [1.807, 2.05) is 6.92 Å². The number of hydrogen-bond acceptors (Lipinski definition) is 6. The smallest absolute Gasteiger partial charge is 0.319 e. The Hall–Kier alpha value is -1.89. The van der Waals surface area contributed by atoms with Crippen molar-refractivity contribution in [2.45, 2.75) is 43.6 Å². The van der Waals surface area contributed by atoms with Gasteiger partial charge in [0, 0.05) is 0 Å². The zero-order chi connectivity index (χ0) is 16.7. The van der Waals surface area contributed by atoms with Gasteiger partial charge in [-0.05, 0) is 31.0 Å². The summed E-state index contributed by atoms with van der Waals surface area (Å²) in [7, 11) is 0. The lowest BCUT2D eigenvalue weighted by Crippen LogP contribution is -2.17. The Morgan fingerprint density at radius 1 is 1.43 bits per heavy atom. The van der Waals surface area contributed by atoms with Gasteiger partial charge in [0.25, 0.3) is 5.22 Å². The second kappa shape index (κ2) is 8.67. The van der Waals surface area contributed by atoms with Crippen LogP contribution in [0.2, 0.25) is 0 Å². The van der Waals surface area contributed by atoms with Gasteiger partial charge in [-0.15, -0.1) is 10.2 Å². The molecule has 2 rings (SSSR count). The Morgan fingerprint density at radius 2 is 2.26 bits per heavy atom. The molecular formula is C16H19FN2O3S. The highest BCUT2D eigenvalue weighted by Crippen LogP contribution is 2.23. The number of ether oxygens (including phenoxy) is 1. The van der Waals surface area contributed by atoms with Crippen molar-refractivity contribution >= 4 is 17.7 Å². The van der Waals surface area contributed by atoms with Crippen LogP contribution in [0.15, 0.2) is 33.9 Å². The van der Waals surface area contributed by atoms with E-state index in [-0.39, 0.29) is 11.8 Å². The molecule has 7 heteroatoms. The quantitative estimate of drug-likeness (QED) is 0.416. The maximum absolute atomic E-state index is 13.1. The minimum absolute atomic E-state index is 0.298. The molecule has 0 N–H and O–H groups in total. The summed E-state index contributed by atoms with van der Waals surface area (Å²) in [6, 6.07) is 6.22. The number of thioether (sulfide) groups is 1. The third-order valence-electron chi connectivity index (χ3n) is 3.04. The van der Waals surface area contributed by atoms with E-state index in [0.717, 1.165) is 30.2 Å². The van der Waals surface area contributed by atoms with Crippen molar-refractivity contribution in [1.82, 2.24) is 10.2 Å². The highest BCUT2D eigenvalue weighted by molar-refractivity contribution is 8.00. The third-order valence-corrected chi connectivity index (χ3v) is 3.96. The van der Waals surface area contributed by atoms with Gasteiger partial charge >= 0.3 is 5.97 Å². The molecule has 124 valence electrons. The molecule has 5 nitrogen and oxygen atoms in total. The lowest BCUT2D eigenvalue weighted by Gasteiger charge is -2.08. The zero-order valence-corrected chi connectivity index (χ0v) is 13.9. The lowest BCUT2D eigenvalue weighted by molar-refractivity contribution is -0.142. The molecular weight excluding hydrogens is 319 g/mol. The molecule has 0 spiro atoms. The fraction of sp³-hybridized carbons (Fsp3) is 0.438. The number of halogens is 1. The van der Waals surface area contributed by atoms with Crippen LogP contribution in [0, 0.1) is 5.82 Å². The first-order valence-electron chi connectivity index (χ1n) is 7.48. The standard InChI is InChI=1S/C16H19FN2O3S/c1-3-4-8-21-15(20)11(2)23-16-19-18-14(22-16)10-12-6-5-7-13(17)9-12/h5-7,9,11H,3-4,8,10H2,1-2H3. The van der Waals surface area contributed by atoms with Crippen molar-refractivity contribution in [3.8, 4) is 0 Å². The highest BCUT2D eigenvalue weighted by atomic mass is 32.2. The Kier molecular flexibility index (Phi) is 6.58. The number of rotatable bonds is 8. The maximum Gasteiger partial charge on any atom is 0.319 e. The van der Waals surface area contributed by atoms with Gasteiger partial charge in [-0.2, -0.15) is 0 Å². The largest absolute Gasteiger partial charge is 0.465 e. The van der Waals surface area contributed by atoms with Crippen LogP contribution in [0.5, 0.6) is 0 Å². The Bertz CT molecular complexity index is 648. The first kappa shape index (κ1) is 17.5. The molecule has 0 saturated heterocycles. The molecule has 0 aliphatic heterocycles. The van der Waals surface area contributed by atoms with Crippen LogP contribution in [0.1, 0.15) is 38.1 Å². The van der Waals surface area contributed by atoms with E-state index in [0.29, 0.717) is 24.1 Å². The van der Waals surface area contributed by atoms with Gasteiger partial charge in [-0.3, -0.25) is 4.79 Å². The molecule has 0 aliphatic carbocycles. The first-order chi connectivity index (χ1) is 11.1. The van der Waals surface area contributed by atoms with E-state index in [9.17, 15) is 9.18 Å². The number of unbranched alkanes of at least 4 members (excludes halogenated alkanes) is 1. The van der Waals surface area contributed by atoms with E-state index in [1.54, 1.807) is 19.1 Å². The number of carbonyl (C=O) groups excluding carboxylic acids is 1. The predicted molar refractivity (Wildman–Crippen MR) is 84.7 cm³/mol. The highest BCUT2D eigenvalue weighted by Gasteiger charge is 2.19. The molecule has 1 atom stereocenters. The molecule has 0 aliphatic rings. The minimum Gasteiger partial charge on any atom is -0.465 e. The average molecular weight is 338 g/mol. The average Bonchev–Trinajstić information content (AvgIpc) is 2.94. The molecule has 23 heavy (non-hydrogen) atoms. The van der Waals surface area contributed by atoms with Crippen LogP contribution in [0.25, 0.3) is 0 Å².